The van der Waals surface area contributed by atoms with Crippen LogP contribution in [0, 0.1) is 5.92 Å². The maximum absolute atomic E-state index is 13.3. The molecule has 0 spiro atoms. The van der Waals surface area contributed by atoms with Crippen molar-refractivity contribution in [3.05, 3.63) is 59.2 Å². The Labute approximate surface area is 197 Å². The highest BCUT2D eigenvalue weighted by Crippen LogP contribution is 2.36. The molecule has 1 aliphatic rings. The van der Waals surface area contributed by atoms with Crippen LogP contribution in [0.3, 0.4) is 0 Å². The quantitative estimate of drug-likeness (QED) is 0.472. The average Bonchev–Trinajstić information content (AvgIpc) is 2.82. The number of carboxylic acid groups (broad SMARTS) is 1. The molecule has 2 aromatic rings. The lowest BCUT2D eigenvalue weighted by Gasteiger charge is -2.37. The molecule has 0 radical (unpaired) electrons. The van der Waals surface area contributed by atoms with Crippen molar-refractivity contribution >= 4 is 11.9 Å². The first-order valence-electron chi connectivity index (χ1n) is 11.6. The van der Waals surface area contributed by atoms with E-state index >= 15 is 0 Å². The number of halogens is 3. The summed E-state index contributed by atoms with van der Waals surface area (Å²) in [6.07, 6.45) is -0.638. The summed E-state index contributed by atoms with van der Waals surface area (Å²) in [5.41, 5.74) is -0.528. The van der Waals surface area contributed by atoms with Crippen molar-refractivity contribution in [2.75, 3.05) is 6.61 Å². The molecule has 1 fully saturated rings. The number of carbonyl (C=O) groups excluding carboxylic acids is 1. The molecule has 0 bridgehead atoms. The van der Waals surface area contributed by atoms with Crippen LogP contribution in [-0.4, -0.2) is 34.2 Å². The molecular weight excluding hydrogens is 447 g/mol. The van der Waals surface area contributed by atoms with E-state index in [0.717, 1.165) is 18.6 Å². The van der Waals surface area contributed by atoms with Crippen molar-refractivity contribution in [1.82, 2.24) is 5.32 Å². The minimum Gasteiger partial charge on any atom is -0.480 e. The summed E-state index contributed by atoms with van der Waals surface area (Å²) in [6, 6.07) is 9.57. The van der Waals surface area contributed by atoms with Gasteiger partial charge in [-0.3, -0.25) is 4.79 Å². The SMILES string of the molecule is CC[C@H]1CC[C@](NC(=O)c2ccc(CCCO)c(-c3cccc(C(F)(F)F)c3)c2)(C(=O)O)CC1. The van der Waals surface area contributed by atoms with Gasteiger partial charge in [-0.2, -0.15) is 13.2 Å². The van der Waals surface area contributed by atoms with Gasteiger partial charge in [0.1, 0.15) is 5.54 Å². The number of benzene rings is 2. The van der Waals surface area contributed by atoms with Gasteiger partial charge in [0.2, 0.25) is 0 Å². The molecule has 5 nitrogen and oxygen atoms in total. The van der Waals surface area contributed by atoms with Crippen molar-refractivity contribution in [2.24, 2.45) is 5.92 Å². The molecule has 0 heterocycles. The third kappa shape index (κ3) is 5.78. The van der Waals surface area contributed by atoms with Gasteiger partial charge >= 0.3 is 12.1 Å². The Bertz CT molecular complexity index is 1030. The minimum absolute atomic E-state index is 0.0792. The second-order valence-electron chi connectivity index (χ2n) is 8.97. The van der Waals surface area contributed by atoms with Crippen molar-refractivity contribution in [2.45, 2.75) is 63.6 Å². The summed E-state index contributed by atoms with van der Waals surface area (Å²) >= 11 is 0. The van der Waals surface area contributed by atoms with Gasteiger partial charge in [-0.05, 0) is 85.4 Å². The zero-order chi connectivity index (χ0) is 24.9. The molecule has 2 aromatic carbocycles. The number of alkyl halides is 3. The highest BCUT2D eigenvalue weighted by molar-refractivity contribution is 5.99. The van der Waals surface area contributed by atoms with Gasteiger partial charge in [-0.1, -0.05) is 31.5 Å². The Morgan fingerprint density at radius 3 is 2.41 bits per heavy atom. The molecule has 3 N–H and O–H groups in total. The molecule has 0 atom stereocenters. The molecule has 184 valence electrons. The van der Waals surface area contributed by atoms with Crippen LogP contribution in [-0.2, 0) is 17.4 Å². The van der Waals surface area contributed by atoms with Gasteiger partial charge in [-0.25, -0.2) is 4.79 Å². The molecule has 1 saturated carbocycles. The third-order valence-corrected chi connectivity index (χ3v) is 6.78. The number of aliphatic hydroxyl groups excluding tert-OH is 1. The summed E-state index contributed by atoms with van der Waals surface area (Å²) in [7, 11) is 0. The number of hydrogen-bond donors (Lipinski definition) is 3. The molecular formula is C26H30F3NO4. The normalized spacial score (nSPS) is 20.7. The average molecular weight is 478 g/mol. The van der Waals surface area contributed by atoms with Crippen molar-refractivity contribution in [1.29, 1.82) is 0 Å². The molecule has 0 unspecified atom stereocenters. The number of aryl methyl sites for hydroxylation is 1. The highest BCUT2D eigenvalue weighted by Gasteiger charge is 2.43. The van der Waals surface area contributed by atoms with E-state index in [9.17, 15) is 33.0 Å². The van der Waals surface area contributed by atoms with Crippen LogP contribution in [0.2, 0.25) is 0 Å². The number of amides is 1. The van der Waals surface area contributed by atoms with E-state index in [2.05, 4.69) is 12.2 Å². The summed E-state index contributed by atoms with van der Waals surface area (Å²) in [5, 5.41) is 21.8. The second-order valence-corrected chi connectivity index (χ2v) is 8.97. The number of aliphatic hydroxyl groups is 1. The predicted molar refractivity (Wildman–Crippen MR) is 122 cm³/mol. The Hall–Kier alpha value is -2.87. The van der Waals surface area contributed by atoms with Crippen LogP contribution in [0.15, 0.2) is 42.5 Å². The lowest BCUT2D eigenvalue weighted by Crippen LogP contribution is -2.56. The Morgan fingerprint density at radius 2 is 1.82 bits per heavy atom. The van der Waals surface area contributed by atoms with Crippen LogP contribution in [0.1, 0.15) is 66.9 Å². The van der Waals surface area contributed by atoms with Crippen LogP contribution < -0.4 is 5.32 Å². The predicted octanol–water partition coefficient (Wildman–Crippen LogP) is 5.45. The Kier molecular flexibility index (Phi) is 8.02. The van der Waals surface area contributed by atoms with Crippen molar-refractivity contribution in [3.8, 4) is 11.1 Å². The molecule has 34 heavy (non-hydrogen) atoms. The largest absolute Gasteiger partial charge is 0.480 e. The van der Waals surface area contributed by atoms with Gasteiger partial charge in [-0.15, -0.1) is 0 Å². The number of carbonyl (C=O) groups is 2. The van der Waals surface area contributed by atoms with E-state index in [-0.39, 0.29) is 12.2 Å². The lowest BCUT2D eigenvalue weighted by molar-refractivity contribution is -0.146. The summed E-state index contributed by atoms with van der Waals surface area (Å²) in [6.45, 7) is 1.98. The molecule has 1 amide bonds. The van der Waals surface area contributed by atoms with E-state index < -0.39 is 29.2 Å². The topological polar surface area (TPSA) is 86.6 Å². The maximum atomic E-state index is 13.3. The fraction of sp³-hybridized carbons (Fsp3) is 0.462. The fourth-order valence-electron chi connectivity index (χ4n) is 4.60. The summed E-state index contributed by atoms with van der Waals surface area (Å²) in [4.78, 5) is 25.2. The molecule has 0 aromatic heterocycles. The van der Waals surface area contributed by atoms with Crippen molar-refractivity contribution < 1.29 is 33.0 Å². The van der Waals surface area contributed by atoms with E-state index in [1.807, 2.05) is 0 Å². The van der Waals surface area contributed by atoms with Crippen LogP contribution in [0.25, 0.3) is 11.1 Å². The Balaban J connectivity index is 1.95. The van der Waals surface area contributed by atoms with E-state index in [1.54, 1.807) is 18.2 Å². The monoisotopic (exact) mass is 477 g/mol. The smallest absolute Gasteiger partial charge is 0.416 e. The Morgan fingerprint density at radius 1 is 1.12 bits per heavy atom. The number of rotatable bonds is 8. The maximum Gasteiger partial charge on any atom is 0.416 e. The standard InChI is InChI=1S/C26H30F3NO4/c1-2-17-10-12-25(13-11-17,24(33)34)30-23(32)20-9-8-18(6-4-14-31)22(16-20)19-5-3-7-21(15-19)26(27,28)29/h3,5,7-9,15-17,31H,2,4,6,10-14H2,1H3,(H,30,32)(H,33,34)/t17-,25+. The molecule has 0 aliphatic heterocycles. The van der Waals surface area contributed by atoms with E-state index in [0.29, 0.717) is 61.1 Å². The molecule has 1 aliphatic carbocycles. The number of carboxylic acids is 1. The zero-order valence-corrected chi connectivity index (χ0v) is 19.1. The van der Waals surface area contributed by atoms with E-state index in [4.69, 9.17) is 0 Å². The van der Waals surface area contributed by atoms with Crippen LogP contribution in [0.4, 0.5) is 13.2 Å². The first kappa shape index (κ1) is 25.7. The van der Waals surface area contributed by atoms with Gasteiger partial charge in [0.15, 0.2) is 0 Å². The number of aliphatic carboxylic acids is 1. The zero-order valence-electron chi connectivity index (χ0n) is 19.1. The lowest BCUT2D eigenvalue weighted by atomic mass is 9.75. The van der Waals surface area contributed by atoms with Gasteiger partial charge < -0.3 is 15.5 Å². The molecule has 3 rings (SSSR count). The van der Waals surface area contributed by atoms with Crippen LogP contribution >= 0.6 is 0 Å². The van der Waals surface area contributed by atoms with Gasteiger partial charge in [0.05, 0.1) is 5.56 Å². The van der Waals surface area contributed by atoms with Crippen LogP contribution in [0.5, 0.6) is 0 Å². The summed E-state index contributed by atoms with van der Waals surface area (Å²) < 4.78 is 39.8. The van der Waals surface area contributed by atoms with Crippen molar-refractivity contribution in [3.63, 3.8) is 0 Å². The number of hydrogen-bond acceptors (Lipinski definition) is 3. The fourth-order valence-corrected chi connectivity index (χ4v) is 4.60. The third-order valence-electron chi connectivity index (χ3n) is 6.78. The summed E-state index contributed by atoms with van der Waals surface area (Å²) in [5.74, 6) is -1.21. The highest BCUT2D eigenvalue weighted by atomic mass is 19.4. The number of nitrogens with one attached hydrogen (secondary N) is 1. The first-order valence-corrected chi connectivity index (χ1v) is 11.6. The first-order chi connectivity index (χ1) is 16.1. The molecule has 0 saturated heterocycles. The van der Waals surface area contributed by atoms with E-state index in [1.165, 1.54) is 12.1 Å². The molecule has 8 heteroatoms. The van der Waals surface area contributed by atoms with Gasteiger partial charge in [0.25, 0.3) is 5.91 Å². The van der Waals surface area contributed by atoms with Gasteiger partial charge in [0, 0.05) is 12.2 Å². The minimum atomic E-state index is -4.51. The second kappa shape index (κ2) is 10.6.